The Morgan fingerprint density at radius 1 is 1.45 bits per heavy atom. The number of hydrogen-bond donors (Lipinski definition) is 1. The van der Waals surface area contributed by atoms with Crippen LogP contribution >= 0.6 is 11.6 Å². The standard InChI is InChI=1S/C15H15ClFNO2/c1-10(4-6-12-3-2-8-20-12)18-15(19)13-9-11(16)5-7-14(13)17/h2-3,5,7-10H,4,6H2,1H3,(H,18,19). The van der Waals surface area contributed by atoms with Crippen molar-refractivity contribution >= 4 is 17.5 Å². The van der Waals surface area contributed by atoms with Crippen molar-refractivity contribution in [2.45, 2.75) is 25.8 Å². The highest BCUT2D eigenvalue weighted by Crippen LogP contribution is 2.15. The van der Waals surface area contributed by atoms with Crippen molar-refractivity contribution in [1.82, 2.24) is 5.32 Å². The van der Waals surface area contributed by atoms with E-state index >= 15 is 0 Å². The molecule has 1 heterocycles. The SMILES string of the molecule is CC(CCc1ccco1)NC(=O)c1cc(Cl)ccc1F. The lowest BCUT2D eigenvalue weighted by atomic mass is 10.1. The van der Waals surface area contributed by atoms with Crippen molar-refractivity contribution in [1.29, 1.82) is 0 Å². The van der Waals surface area contributed by atoms with Gasteiger partial charge in [0, 0.05) is 17.5 Å². The van der Waals surface area contributed by atoms with Gasteiger partial charge in [0.25, 0.3) is 5.91 Å². The van der Waals surface area contributed by atoms with Gasteiger partial charge in [0.2, 0.25) is 0 Å². The highest BCUT2D eigenvalue weighted by atomic mass is 35.5. The van der Waals surface area contributed by atoms with Crippen LogP contribution in [0.2, 0.25) is 5.02 Å². The molecule has 20 heavy (non-hydrogen) atoms. The molecule has 1 amide bonds. The van der Waals surface area contributed by atoms with Crippen LogP contribution in [0.4, 0.5) is 4.39 Å². The highest BCUT2D eigenvalue weighted by Gasteiger charge is 2.14. The molecule has 1 aromatic heterocycles. The molecule has 2 aromatic rings. The fourth-order valence-corrected chi connectivity index (χ4v) is 2.03. The summed E-state index contributed by atoms with van der Waals surface area (Å²) in [5.74, 6) is -0.179. The quantitative estimate of drug-likeness (QED) is 0.911. The van der Waals surface area contributed by atoms with Crippen molar-refractivity contribution in [2.24, 2.45) is 0 Å². The minimum absolute atomic E-state index is 0.0395. The zero-order valence-corrected chi connectivity index (χ0v) is 11.8. The van der Waals surface area contributed by atoms with Gasteiger partial charge in [0.1, 0.15) is 11.6 Å². The summed E-state index contributed by atoms with van der Waals surface area (Å²) in [4.78, 5) is 12.0. The van der Waals surface area contributed by atoms with Crippen LogP contribution in [0.15, 0.2) is 41.0 Å². The fourth-order valence-electron chi connectivity index (χ4n) is 1.86. The van der Waals surface area contributed by atoms with E-state index in [1.807, 2.05) is 19.1 Å². The second-order valence-electron chi connectivity index (χ2n) is 4.62. The molecule has 1 atom stereocenters. The predicted octanol–water partition coefficient (Wildman–Crippen LogP) is 3.82. The first-order chi connectivity index (χ1) is 9.56. The van der Waals surface area contributed by atoms with Gasteiger partial charge in [-0.05, 0) is 43.7 Å². The number of furan rings is 1. The normalized spacial score (nSPS) is 12.2. The number of aryl methyl sites for hydroxylation is 1. The molecular weight excluding hydrogens is 281 g/mol. The van der Waals surface area contributed by atoms with E-state index in [0.29, 0.717) is 17.9 Å². The zero-order chi connectivity index (χ0) is 14.5. The molecule has 0 bridgehead atoms. The number of benzene rings is 1. The van der Waals surface area contributed by atoms with Gasteiger partial charge in [-0.3, -0.25) is 4.79 Å². The molecule has 0 aliphatic carbocycles. The second kappa shape index (κ2) is 6.57. The number of carbonyl (C=O) groups is 1. The highest BCUT2D eigenvalue weighted by molar-refractivity contribution is 6.31. The summed E-state index contributed by atoms with van der Waals surface area (Å²) in [6.07, 6.45) is 3.04. The molecule has 1 unspecified atom stereocenters. The van der Waals surface area contributed by atoms with E-state index < -0.39 is 11.7 Å². The number of amides is 1. The Kier molecular flexibility index (Phi) is 4.79. The van der Waals surface area contributed by atoms with Crippen LogP contribution < -0.4 is 5.32 Å². The third-order valence-electron chi connectivity index (χ3n) is 2.95. The number of halogens is 2. The molecule has 3 nitrogen and oxygen atoms in total. The van der Waals surface area contributed by atoms with E-state index in [1.54, 1.807) is 6.26 Å². The Morgan fingerprint density at radius 3 is 2.95 bits per heavy atom. The summed E-state index contributed by atoms with van der Waals surface area (Å²) in [5.41, 5.74) is -0.0395. The summed E-state index contributed by atoms with van der Waals surface area (Å²) in [6.45, 7) is 1.86. The van der Waals surface area contributed by atoms with E-state index in [4.69, 9.17) is 16.0 Å². The van der Waals surface area contributed by atoms with Crippen LogP contribution in [0.25, 0.3) is 0 Å². The molecule has 0 aliphatic rings. The summed E-state index contributed by atoms with van der Waals surface area (Å²) in [7, 11) is 0. The van der Waals surface area contributed by atoms with Crippen molar-refractivity contribution < 1.29 is 13.6 Å². The average molecular weight is 296 g/mol. The molecule has 0 aliphatic heterocycles. The maximum absolute atomic E-state index is 13.5. The smallest absolute Gasteiger partial charge is 0.254 e. The third-order valence-corrected chi connectivity index (χ3v) is 3.19. The van der Waals surface area contributed by atoms with Gasteiger partial charge >= 0.3 is 0 Å². The molecular formula is C15H15ClFNO2. The first-order valence-corrected chi connectivity index (χ1v) is 6.72. The first-order valence-electron chi connectivity index (χ1n) is 6.34. The van der Waals surface area contributed by atoms with E-state index in [-0.39, 0.29) is 11.6 Å². The van der Waals surface area contributed by atoms with Crippen molar-refractivity contribution in [3.63, 3.8) is 0 Å². The second-order valence-corrected chi connectivity index (χ2v) is 5.05. The molecule has 0 saturated heterocycles. The van der Waals surface area contributed by atoms with Gasteiger partial charge < -0.3 is 9.73 Å². The summed E-state index contributed by atoms with van der Waals surface area (Å²) < 4.78 is 18.8. The van der Waals surface area contributed by atoms with Gasteiger partial charge in [-0.1, -0.05) is 11.6 Å². The number of hydrogen-bond acceptors (Lipinski definition) is 2. The molecule has 0 saturated carbocycles. The summed E-state index contributed by atoms with van der Waals surface area (Å²) >= 11 is 5.77. The predicted molar refractivity (Wildman–Crippen MR) is 75.4 cm³/mol. The fraction of sp³-hybridized carbons (Fsp3) is 0.267. The van der Waals surface area contributed by atoms with Crippen molar-refractivity contribution in [3.8, 4) is 0 Å². The first kappa shape index (κ1) is 14.6. The topological polar surface area (TPSA) is 42.2 Å². The molecule has 2 rings (SSSR count). The van der Waals surface area contributed by atoms with Crippen LogP contribution in [0.3, 0.4) is 0 Å². The lowest BCUT2D eigenvalue weighted by Gasteiger charge is -2.13. The van der Waals surface area contributed by atoms with Crippen LogP contribution in [0.5, 0.6) is 0 Å². The summed E-state index contributed by atoms with van der Waals surface area (Å²) in [6, 6.07) is 7.53. The Bertz CT molecular complexity index is 584. The van der Waals surface area contributed by atoms with Crippen LogP contribution in [-0.2, 0) is 6.42 Å². The molecule has 0 spiro atoms. The summed E-state index contributed by atoms with van der Waals surface area (Å²) in [5, 5.41) is 3.08. The zero-order valence-electron chi connectivity index (χ0n) is 11.0. The molecule has 1 aromatic carbocycles. The largest absolute Gasteiger partial charge is 0.469 e. The number of rotatable bonds is 5. The van der Waals surface area contributed by atoms with E-state index in [1.165, 1.54) is 18.2 Å². The van der Waals surface area contributed by atoms with Gasteiger partial charge in [0.05, 0.1) is 11.8 Å². The maximum Gasteiger partial charge on any atom is 0.254 e. The van der Waals surface area contributed by atoms with Gasteiger partial charge in [0.15, 0.2) is 0 Å². The lowest BCUT2D eigenvalue weighted by Crippen LogP contribution is -2.33. The Morgan fingerprint density at radius 2 is 2.25 bits per heavy atom. The Hall–Kier alpha value is -1.81. The van der Waals surface area contributed by atoms with Crippen molar-refractivity contribution in [2.75, 3.05) is 0 Å². The minimum Gasteiger partial charge on any atom is -0.469 e. The maximum atomic E-state index is 13.5. The van der Waals surface area contributed by atoms with Gasteiger partial charge in [-0.25, -0.2) is 4.39 Å². The van der Waals surface area contributed by atoms with E-state index in [0.717, 1.165) is 5.76 Å². The molecule has 0 radical (unpaired) electrons. The van der Waals surface area contributed by atoms with Crippen LogP contribution in [0, 0.1) is 5.82 Å². The van der Waals surface area contributed by atoms with Crippen molar-refractivity contribution in [3.05, 3.63) is 58.8 Å². The molecule has 0 fully saturated rings. The number of nitrogens with one attached hydrogen (secondary N) is 1. The molecule has 1 N–H and O–H groups in total. The molecule has 106 valence electrons. The van der Waals surface area contributed by atoms with E-state index in [2.05, 4.69) is 5.32 Å². The average Bonchev–Trinajstić information content (AvgIpc) is 2.92. The van der Waals surface area contributed by atoms with Gasteiger partial charge in [-0.15, -0.1) is 0 Å². The lowest BCUT2D eigenvalue weighted by molar-refractivity contribution is 0.0934. The Balaban J connectivity index is 1.91. The van der Waals surface area contributed by atoms with Crippen LogP contribution in [0.1, 0.15) is 29.5 Å². The Labute approximate surface area is 121 Å². The third kappa shape index (κ3) is 3.84. The monoisotopic (exact) mass is 295 g/mol. The molecule has 5 heteroatoms. The number of carbonyl (C=O) groups excluding carboxylic acids is 1. The minimum atomic E-state index is -0.579. The van der Waals surface area contributed by atoms with E-state index in [9.17, 15) is 9.18 Å². The van der Waals surface area contributed by atoms with Gasteiger partial charge in [-0.2, -0.15) is 0 Å². The van der Waals surface area contributed by atoms with Crippen LogP contribution in [-0.4, -0.2) is 11.9 Å².